The maximum atomic E-state index is 12.3. The lowest BCUT2D eigenvalue weighted by atomic mass is 9.95. The van der Waals surface area contributed by atoms with E-state index in [1.54, 1.807) is 24.3 Å². The van der Waals surface area contributed by atoms with E-state index in [1.165, 1.54) is 0 Å². The number of nitrogens with two attached hydrogens (primary N) is 1. The number of nitrogens with one attached hydrogen (secondary N) is 2. The number of fused-ring (bicyclic) bond motifs is 1. The second-order valence-corrected chi connectivity index (χ2v) is 7.58. The number of aryl methyl sites for hydroxylation is 2. The molecule has 10 nitrogen and oxygen atoms in total. The summed E-state index contributed by atoms with van der Waals surface area (Å²) in [6, 6.07) is 5.48. The molecule has 0 fully saturated rings. The van der Waals surface area contributed by atoms with Crippen LogP contribution >= 0.6 is 0 Å². The van der Waals surface area contributed by atoms with Crippen LogP contribution in [-0.4, -0.2) is 44.1 Å². The van der Waals surface area contributed by atoms with Gasteiger partial charge in [-0.15, -0.1) is 0 Å². The fourth-order valence-electron chi connectivity index (χ4n) is 3.83. The zero-order chi connectivity index (χ0) is 22.5. The molecule has 3 rings (SSSR count). The smallest absolute Gasteiger partial charge is 0.326 e. The number of nitrogens with zero attached hydrogens (tertiary/aromatic N) is 1. The third-order valence-corrected chi connectivity index (χ3v) is 5.44. The molecule has 164 valence electrons. The van der Waals surface area contributed by atoms with Gasteiger partial charge in [0.15, 0.2) is 0 Å². The first-order valence-corrected chi connectivity index (χ1v) is 9.97. The van der Waals surface area contributed by atoms with Crippen molar-refractivity contribution in [2.24, 2.45) is 0 Å². The van der Waals surface area contributed by atoms with Gasteiger partial charge >= 0.3 is 11.9 Å². The Labute approximate surface area is 177 Å². The monoisotopic (exact) mass is 428 g/mol. The van der Waals surface area contributed by atoms with Gasteiger partial charge in [-0.3, -0.25) is 19.4 Å². The van der Waals surface area contributed by atoms with Crippen LogP contribution < -0.4 is 16.6 Å². The number of carboxylic acid groups (broad SMARTS) is 2. The number of aliphatic carboxylic acids is 2. The van der Waals surface area contributed by atoms with E-state index in [0.29, 0.717) is 12.0 Å². The molecule has 1 heterocycles. The maximum absolute atomic E-state index is 12.3. The lowest BCUT2D eigenvalue weighted by molar-refractivity contribution is -0.140. The second kappa shape index (κ2) is 9.41. The highest BCUT2D eigenvalue weighted by molar-refractivity contribution is 5.96. The number of carbonyl (C=O) groups is 3. The second-order valence-electron chi connectivity index (χ2n) is 7.58. The minimum atomic E-state index is -1.28. The van der Waals surface area contributed by atoms with Crippen molar-refractivity contribution in [1.29, 1.82) is 0 Å². The van der Waals surface area contributed by atoms with E-state index in [1.807, 2.05) is 0 Å². The molecule has 2 aromatic rings. The summed E-state index contributed by atoms with van der Waals surface area (Å²) in [6.45, 7) is 0. The summed E-state index contributed by atoms with van der Waals surface area (Å²) in [5.74, 6) is -2.76. The minimum Gasteiger partial charge on any atom is -0.481 e. The van der Waals surface area contributed by atoms with Crippen molar-refractivity contribution in [1.82, 2.24) is 15.3 Å². The van der Waals surface area contributed by atoms with E-state index in [2.05, 4.69) is 15.3 Å². The molecule has 0 radical (unpaired) electrons. The molecule has 31 heavy (non-hydrogen) atoms. The molecule has 0 aliphatic heterocycles. The average Bonchev–Trinajstić information content (AvgIpc) is 3.12. The predicted molar refractivity (Wildman–Crippen MR) is 111 cm³/mol. The Morgan fingerprint density at radius 1 is 1.23 bits per heavy atom. The number of aromatic amines is 1. The number of carboxylic acids is 2. The van der Waals surface area contributed by atoms with E-state index in [-0.39, 0.29) is 35.8 Å². The third-order valence-electron chi connectivity index (χ3n) is 5.44. The van der Waals surface area contributed by atoms with Gasteiger partial charge in [0.05, 0.1) is 5.69 Å². The first-order valence-electron chi connectivity index (χ1n) is 9.97. The van der Waals surface area contributed by atoms with Crippen LogP contribution in [0, 0.1) is 0 Å². The Bertz CT molecular complexity index is 1050. The van der Waals surface area contributed by atoms with E-state index >= 15 is 0 Å². The average molecular weight is 428 g/mol. The van der Waals surface area contributed by atoms with Gasteiger partial charge in [-0.2, -0.15) is 0 Å². The summed E-state index contributed by atoms with van der Waals surface area (Å²) in [5, 5.41) is 20.2. The van der Waals surface area contributed by atoms with Crippen molar-refractivity contribution in [3.05, 3.63) is 57.0 Å². The number of anilines is 1. The number of carbonyl (C=O) groups excluding carboxylic acids is 1. The van der Waals surface area contributed by atoms with Gasteiger partial charge in [0.25, 0.3) is 11.5 Å². The molecule has 0 saturated carbocycles. The molecule has 1 aromatic heterocycles. The summed E-state index contributed by atoms with van der Waals surface area (Å²) in [7, 11) is 0. The predicted octanol–water partition coefficient (Wildman–Crippen LogP) is 1.06. The first kappa shape index (κ1) is 22.0. The van der Waals surface area contributed by atoms with Gasteiger partial charge in [0.2, 0.25) is 5.95 Å². The fourth-order valence-corrected chi connectivity index (χ4v) is 3.83. The summed E-state index contributed by atoms with van der Waals surface area (Å²) in [5.41, 5.74) is 8.13. The van der Waals surface area contributed by atoms with Crippen LogP contribution in [0.5, 0.6) is 0 Å². The number of nitrogen functional groups attached to an aromatic ring is 1. The number of H-pyrrole nitrogens is 1. The Morgan fingerprint density at radius 3 is 2.58 bits per heavy atom. The highest BCUT2D eigenvalue weighted by Gasteiger charge is 2.27. The van der Waals surface area contributed by atoms with Crippen LogP contribution in [0.15, 0.2) is 29.1 Å². The Hall–Kier alpha value is -3.69. The summed E-state index contributed by atoms with van der Waals surface area (Å²) in [6.07, 6.45) is 2.46. The first-order chi connectivity index (χ1) is 14.7. The van der Waals surface area contributed by atoms with Crippen molar-refractivity contribution >= 4 is 23.8 Å². The standard InChI is InChI=1S/C21H24N4O6/c22-21-24-14-8-7-12(17(14)19(29)25-21)4-1-11-2-5-13(6-3-11)18(28)23-15(20(30)31)9-10-16(26)27/h2-3,5-6,12,15H,1,4,7-10H2,(H,23,28)(H,26,27)(H,30,31)(H3,22,24,25,29)/t12?,15-/m0/s1. The molecule has 1 aromatic carbocycles. The number of benzene rings is 1. The lowest BCUT2D eigenvalue weighted by Crippen LogP contribution is -2.41. The van der Waals surface area contributed by atoms with E-state index in [0.717, 1.165) is 30.5 Å². The molecule has 1 aliphatic carbocycles. The molecule has 10 heteroatoms. The third kappa shape index (κ3) is 5.47. The normalized spacial score (nSPS) is 15.8. The molecule has 1 aliphatic rings. The van der Waals surface area contributed by atoms with Crippen molar-refractivity contribution < 1.29 is 24.6 Å². The van der Waals surface area contributed by atoms with Gasteiger partial charge in [0, 0.05) is 17.5 Å². The Balaban J connectivity index is 1.58. The van der Waals surface area contributed by atoms with Gasteiger partial charge in [-0.05, 0) is 55.7 Å². The van der Waals surface area contributed by atoms with Gasteiger partial charge in [0.1, 0.15) is 6.04 Å². The number of hydrogen-bond acceptors (Lipinski definition) is 6. The topological polar surface area (TPSA) is 175 Å². The highest BCUT2D eigenvalue weighted by Crippen LogP contribution is 2.33. The largest absolute Gasteiger partial charge is 0.481 e. The lowest BCUT2D eigenvalue weighted by Gasteiger charge is -2.14. The van der Waals surface area contributed by atoms with E-state index in [4.69, 9.17) is 15.9 Å². The van der Waals surface area contributed by atoms with Crippen LogP contribution in [0.1, 0.15) is 58.8 Å². The maximum Gasteiger partial charge on any atom is 0.326 e. The van der Waals surface area contributed by atoms with E-state index in [9.17, 15) is 19.2 Å². The van der Waals surface area contributed by atoms with E-state index < -0.39 is 23.9 Å². The number of hydrogen-bond donors (Lipinski definition) is 5. The molecule has 0 bridgehead atoms. The SMILES string of the molecule is Nc1nc2c(c(=O)[nH]1)C(CCc1ccc(C(=O)N[C@@H](CCC(=O)O)C(=O)O)cc1)CC2. The Morgan fingerprint density at radius 2 is 1.94 bits per heavy atom. The molecule has 1 unspecified atom stereocenters. The summed E-state index contributed by atoms with van der Waals surface area (Å²) >= 11 is 0. The molecule has 2 atom stereocenters. The minimum absolute atomic E-state index is 0.0976. The molecular formula is C21H24N4O6. The number of rotatable bonds is 9. The van der Waals surface area contributed by atoms with Crippen molar-refractivity contribution in [2.75, 3.05) is 5.73 Å². The van der Waals surface area contributed by atoms with Crippen molar-refractivity contribution in [2.45, 2.75) is 50.5 Å². The zero-order valence-electron chi connectivity index (χ0n) is 16.8. The molecule has 0 spiro atoms. The highest BCUT2D eigenvalue weighted by atomic mass is 16.4. The van der Waals surface area contributed by atoms with Crippen LogP contribution in [0.4, 0.5) is 5.95 Å². The summed E-state index contributed by atoms with van der Waals surface area (Å²) in [4.78, 5) is 53.1. The van der Waals surface area contributed by atoms with Gasteiger partial charge in [-0.1, -0.05) is 12.1 Å². The summed E-state index contributed by atoms with van der Waals surface area (Å²) < 4.78 is 0. The Kier molecular flexibility index (Phi) is 6.68. The van der Waals surface area contributed by atoms with Gasteiger partial charge in [-0.25, -0.2) is 9.78 Å². The molecule has 6 N–H and O–H groups in total. The van der Waals surface area contributed by atoms with Crippen LogP contribution in [0.2, 0.25) is 0 Å². The fraction of sp³-hybridized carbons (Fsp3) is 0.381. The quantitative estimate of drug-likeness (QED) is 0.394. The molecule has 1 amide bonds. The van der Waals surface area contributed by atoms with Crippen LogP contribution in [-0.2, 0) is 22.4 Å². The van der Waals surface area contributed by atoms with Gasteiger partial charge < -0.3 is 21.3 Å². The molecule has 0 saturated heterocycles. The zero-order valence-corrected chi connectivity index (χ0v) is 16.8. The van der Waals surface area contributed by atoms with Crippen molar-refractivity contribution in [3.63, 3.8) is 0 Å². The number of amides is 1. The van der Waals surface area contributed by atoms with Crippen LogP contribution in [0.25, 0.3) is 0 Å². The van der Waals surface area contributed by atoms with Crippen molar-refractivity contribution in [3.8, 4) is 0 Å². The van der Waals surface area contributed by atoms with Crippen LogP contribution in [0.3, 0.4) is 0 Å². The number of aromatic nitrogens is 2. The molecular weight excluding hydrogens is 404 g/mol.